The molecular formula is C19H29IO2S. The van der Waals surface area contributed by atoms with E-state index in [0.717, 1.165) is 36.5 Å². The molecule has 0 aromatic heterocycles. The van der Waals surface area contributed by atoms with Gasteiger partial charge in [0.25, 0.3) is 0 Å². The van der Waals surface area contributed by atoms with Crippen molar-refractivity contribution in [3.63, 3.8) is 0 Å². The number of aliphatic hydroxyl groups is 1. The van der Waals surface area contributed by atoms with Gasteiger partial charge >= 0.3 is 0 Å². The van der Waals surface area contributed by atoms with Crippen LogP contribution < -0.4 is 0 Å². The van der Waals surface area contributed by atoms with Gasteiger partial charge in [0.2, 0.25) is 0 Å². The fraction of sp³-hybridized carbons (Fsp3) is 0.895. The van der Waals surface area contributed by atoms with Crippen LogP contribution in [0.1, 0.15) is 65.2 Å². The van der Waals surface area contributed by atoms with Crippen molar-refractivity contribution in [1.29, 1.82) is 0 Å². The Kier molecular flexibility index (Phi) is 4.50. The molecule has 3 saturated carbocycles. The van der Waals surface area contributed by atoms with E-state index in [2.05, 4.69) is 41.1 Å². The largest absolute Gasteiger partial charge is 0.419 e. The Morgan fingerprint density at radius 1 is 1.17 bits per heavy atom. The summed E-state index contributed by atoms with van der Waals surface area (Å²) in [5, 5.41) is 10.1. The Bertz CT molecular complexity index is 510. The zero-order chi connectivity index (χ0) is 16.2. The van der Waals surface area contributed by atoms with E-state index >= 15 is 0 Å². The van der Waals surface area contributed by atoms with Crippen LogP contribution in [0.5, 0.6) is 0 Å². The number of halogens is 1. The van der Waals surface area contributed by atoms with Crippen molar-refractivity contribution >= 4 is 30.4 Å². The van der Waals surface area contributed by atoms with Crippen LogP contribution >= 0.6 is 30.4 Å². The molecule has 4 aliphatic rings. The molecule has 3 fully saturated rings. The van der Waals surface area contributed by atoms with Gasteiger partial charge in [0.15, 0.2) is 0 Å². The minimum atomic E-state index is -0.0349. The maximum Gasteiger partial charge on any atom is 0.127 e. The number of allylic oxidation sites excluding steroid dienone is 2. The van der Waals surface area contributed by atoms with E-state index in [1.807, 2.05) is 0 Å². The van der Waals surface area contributed by atoms with Crippen LogP contribution in [0.4, 0.5) is 0 Å². The molecule has 0 spiro atoms. The Balaban J connectivity index is 1.59. The van der Waals surface area contributed by atoms with Gasteiger partial charge < -0.3 is 9.29 Å². The third-order valence-corrected chi connectivity index (χ3v) is 9.05. The number of rotatable bonds is 2. The minimum Gasteiger partial charge on any atom is -0.419 e. The van der Waals surface area contributed by atoms with Gasteiger partial charge in [-0.25, -0.2) is 0 Å². The van der Waals surface area contributed by atoms with E-state index in [0.29, 0.717) is 5.41 Å². The van der Waals surface area contributed by atoms with Crippen LogP contribution in [0.2, 0.25) is 0 Å². The molecule has 2 nitrogen and oxygen atoms in total. The molecule has 1 N–H and O–H groups in total. The molecule has 0 bridgehead atoms. The van der Waals surface area contributed by atoms with Crippen LogP contribution in [0.25, 0.3) is 0 Å². The summed E-state index contributed by atoms with van der Waals surface area (Å²) in [7, 11) is 1.47. The number of hydrogen-bond acceptors (Lipinski definition) is 3. The zero-order valence-electron chi connectivity index (χ0n) is 14.3. The van der Waals surface area contributed by atoms with Crippen molar-refractivity contribution < 1.29 is 9.29 Å². The first-order chi connectivity index (χ1) is 11.0. The van der Waals surface area contributed by atoms with Gasteiger partial charge in [-0.1, -0.05) is 13.8 Å². The van der Waals surface area contributed by atoms with Crippen LogP contribution in [0.3, 0.4) is 0 Å². The molecule has 0 aromatic carbocycles. The minimum absolute atomic E-state index is 0.0349. The third-order valence-electron chi connectivity index (χ3n) is 8.27. The van der Waals surface area contributed by atoms with E-state index in [1.54, 1.807) is 0 Å². The maximum absolute atomic E-state index is 10.1. The summed E-state index contributed by atoms with van der Waals surface area (Å²) in [4.78, 5) is 0. The standard InChI is InChI=1S/C19H29IO2S/c1-18-9-7-13(21)11-12(18)3-4-14-15-5-6-17(22-23-20)19(15,2)10-8-16(14)18/h6,12-16,21H,3-5,7-11H2,1-2H3/t12?,13-,14?,15?,16?,18?,19?/m0/s1. The molecule has 0 saturated heterocycles. The highest BCUT2D eigenvalue weighted by atomic mass is 127. The van der Waals surface area contributed by atoms with Gasteiger partial charge in [0.05, 0.1) is 6.10 Å². The lowest BCUT2D eigenvalue weighted by molar-refractivity contribution is -0.120. The summed E-state index contributed by atoms with van der Waals surface area (Å²) >= 11 is 2.24. The molecule has 0 aromatic rings. The first kappa shape index (κ1) is 17.0. The van der Waals surface area contributed by atoms with Crippen LogP contribution in [0, 0.1) is 34.5 Å². The number of hydrogen-bond donors (Lipinski definition) is 1. The molecule has 0 aliphatic heterocycles. The second-order valence-corrected chi connectivity index (χ2v) is 10.4. The highest BCUT2D eigenvalue weighted by Gasteiger charge is 2.59. The maximum atomic E-state index is 10.1. The lowest BCUT2D eigenvalue weighted by Crippen LogP contribution is -2.53. The van der Waals surface area contributed by atoms with Gasteiger partial charge in [-0.3, -0.25) is 0 Å². The summed E-state index contributed by atoms with van der Waals surface area (Å²) in [6, 6.07) is 0. The third kappa shape index (κ3) is 2.52. The van der Waals surface area contributed by atoms with Gasteiger partial charge in [-0.15, -0.1) is 0 Å². The molecule has 4 rings (SSSR count). The molecule has 0 radical (unpaired) electrons. The molecule has 6 unspecified atom stereocenters. The van der Waals surface area contributed by atoms with Crippen molar-refractivity contribution in [3.05, 3.63) is 11.8 Å². The van der Waals surface area contributed by atoms with Crippen molar-refractivity contribution in [2.75, 3.05) is 0 Å². The Hall–Kier alpha value is 0.580. The highest BCUT2D eigenvalue weighted by molar-refractivity contribution is 14.2. The summed E-state index contributed by atoms with van der Waals surface area (Å²) in [5.41, 5.74) is 0.752. The first-order valence-electron chi connectivity index (χ1n) is 9.33. The van der Waals surface area contributed by atoms with E-state index in [9.17, 15) is 5.11 Å². The van der Waals surface area contributed by atoms with E-state index < -0.39 is 0 Å². The summed E-state index contributed by atoms with van der Waals surface area (Å²) in [6.45, 7) is 5.02. The van der Waals surface area contributed by atoms with Crippen molar-refractivity contribution in [3.8, 4) is 0 Å². The second-order valence-electron chi connectivity index (χ2n) is 8.99. The zero-order valence-corrected chi connectivity index (χ0v) is 17.2. The van der Waals surface area contributed by atoms with E-state index in [1.165, 1.54) is 53.5 Å². The molecular weight excluding hydrogens is 419 g/mol. The van der Waals surface area contributed by atoms with Crippen LogP contribution in [-0.4, -0.2) is 11.2 Å². The van der Waals surface area contributed by atoms with E-state index in [4.69, 9.17) is 4.18 Å². The Morgan fingerprint density at radius 2 is 2.00 bits per heavy atom. The van der Waals surface area contributed by atoms with E-state index in [-0.39, 0.29) is 11.5 Å². The summed E-state index contributed by atoms with van der Waals surface area (Å²) in [5.74, 6) is 4.52. The average Bonchev–Trinajstić information content (AvgIpc) is 2.85. The Labute approximate surface area is 157 Å². The molecule has 4 aliphatic carbocycles. The molecule has 7 atom stereocenters. The monoisotopic (exact) mass is 448 g/mol. The van der Waals surface area contributed by atoms with Gasteiger partial charge in [-0.05, 0) is 86.5 Å². The topological polar surface area (TPSA) is 29.5 Å². The number of fused-ring (bicyclic) bond motifs is 5. The van der Waals surface area contributed by atoms with Crippen LogP contribution in [-0.2, 0) is 4.18 Å². The van der Waals surface area contributed by atoms with Crippen molar-refractivity contribution in [2.24, 2.45) is 34.5 Å². The van der Waals surface area contributed by atoms with Gasteiger partial charge in [0.1, 0.15) is 15.0 Å². The smallest absolute Gasteiger partial charge is 0.127 e. The van der Waals surface area contributed by atoms with Crippen molar-refractivity contribution in [2.45, 2.75) is 71.3 Å². The average molecular weight is 448 g/mol. The normalized spacial score (nSPS) is 52.2. The SMILES string of the molecule is CC12CCC3C(CCC4C[C@@H](O)CCC43C)C1CC=C2OSI. The van der Waals surface area contributed by atoms with Gasteiger partial charge in [-0.2, -0.15) is 0 Å². The molecule has 0 heterocycles. The quantitative estimate of drug-likeness (QED) is 0.422. The molecule has 130 valence electrons. The predicted octanol–water partition coefficient (Wildman–Crippen LogP) is 5.90. The molecule has 4 heteroatoms. The Morgan fingerprint density at radius 3 is 2.78 bits per heavy atom. The predicted molar refractivity (Wildman–Crippen MR) is 104 cm³/mol. The fourth-order valence-electron chi connectivity index (χ4n) is 6.93. The lowest BCUT2D eigenvalue weighted by atomic mass is 9.45. The van der Waals surface area contributed by atoms with Crippen LogP contribution in [0.15, 0.2) is 11.8 Å². The lowest BCUT2D eigenvalue weighted by Gasteiger charge is -2.60. The highest BCUT2D eigenvalue weighted by Crippen LogP contribution is 2.66. The summed E-state index contributed by atoms with van der Waals surface area (Å²) in [6.07, 6.45) is 12.2. The second kappa shape index (κ2) is 6.08. The van der Waals surface area contributed by atoms with Gasteiger partial charge in [0, 0.05) is 26.6 Å². The molecule has 0 amide bonds. The molecule has 23 heavy (non-hydrogen) atoms. The first-order valence-corrected chi connectivity index (χ1v) is 12.6. The van der Waals surface area contributed by atoms with Crippen molar-refractivity contribution in [1.82, 2.24) is 0 Å². The fourth-order valence-corrected chi connectivity index (χ4v) is 7.83. The number of aliphatic hydroxyl groups excluding tert-OH is 1. The summed E-state index contributed by atoms with van der Waals surface area (Å²) < 4.78 is 5.93.